The summed E-state index contributed by atoms with van der Waals surface area (Å²) in [6.45, 7) is 6.56. The Morgan fingerprint density at radius 1 is 1.26 bits per heavy atom. The minimum Gasteiger partial charge on any atom is -0.481 e. The molecule has 1 unspecified atom stereocenters. The van der Waals surface area contributed by atoms with Gasteiger partial charge in [0.2, 0.25) is 0 Å². The lowest BCUT2D eigenvalue weighted by Crippen LogP contribution is -2.15. The van der Waals surface area contributed by atoms with Gasteiger partial charge >= 0.3 is 5.97 Å². The maximum absolute atomic E-state index is 10.4. The topological polar surface area (TPSA) is 57.5 Å². The average Bonchev–Trinajstić information content (AvgIpc) is 2.38. The molecule has 1 atom stereocenters. The van der Waals surface area contributed by atoms with Crippen LogP contribution in [-0.2, 0) is 10.2 Å². The normalized spacial score (nSPS) is 13.3. The fraction of sp³-hybridized carbons (Fsp3) is 0.562. The number of aliphatic hydroxyl groups excluding tert-OH is 1. The summed E-state index contributed by atoms with van der Waals surface area (Å²) in [5.74, 6) is -0.813. The monoisotopic (exact) mass is 264 g/mol. The molecule has 0 radical (unpaired) electrons. The van der Waals surface area contributed by atoms with Crippen molar-refractivity contribution in [3.63, 3.8) is 0 Å². The van der Waals surface area contributed by atoms with E-state index >= 15 is 0 Å². The maximum Gasteiger partial charge on any atom is 0.303 e. The predicted octanol–water partition coefficient (Wildman–Crippen LogP) is 3.66. The van der Waals surface area contributed by atoms with E-state index in [0.717, 1.165) is 12.0 Å². The Morgan fingerprint density at radius 2 is 1.84 bits per heavy atom. The van der Waals surface area contributed by atoms with Crippen molar-refractivity contribution in [1.29, 1.82) is 0 Å². The first kappa shape index (κ1) is 15.7. The molecule has 0 heterocycles. The van der Waals surface area contributed by atoms with Gasteiger partial charge in [-0.1, -0.05) is 45.0 Å². The van der Waals surface area contributed by atoms with Gasteiger partial charge in [0.1, 0.15) is 0 Å². The molecule has 1 aromatic carbocycles. The zero-order valence-electron chi connectivity index (χ0n) is 12.0. The fourth-order valence-corrected chi connectivity index (χ4v) is 1.97. The van der Waals surface area contributed by atoms with Crippen molar-refractivity contribution >= 4 is 5.97 Å². The van der Waals surface area contributed by atoms with Crippen LogP contribution in [0.2, 0.25) is 0 Å². The van der Waals surface area contributed by atoms with E-state index in [1.54, 1.807) is 0 Å². The van der Waals surface area contributed by atoms with Gasteiger partial charge in [0, 0.05) is 6.42 Å². The van der Waals surface area contributed by atoms with Gasteiger partial charge in [-0.25, -0.2) is 0 Å². The number of aliphatic hydroxyl groups is 1. The molecule has 3 nitrogen and oxygen atoms in total. The number of benzene rings is 1. The summed E-state index contributed by atoms with van der Waals surface area (Å²) in [6, 6.07) is 7.99. The number of hydrogen-bond donors (Lipinski definition) is 2. The van der Waals surface area contributed by atoms with Gasteiger partial charge in [0.05, 0.1) is 6.10 Å². The van der Waals surface area contributed by atoms with Crippen molar-refractivity contribution in [2.75, 3.05) is 0 Å². The highest BCUT2D eigenvalue weighted by Gasteiger charge is 2.18. The van der Waals surface area contributed by atoms with Crippen LogP contribution in [0.5, 0.6) is 0 Å². The van der Waals surface area contributed by atoms with E-state index in [1.807, 2.05) is 12.1 Å². The zero-order valence-corrected chi connectivity index (χ0v) is 12.0. The Morgan fingerprint density at radius 3 is 2.32 bits per heavy atom. The van der Waals surface area contributed by atoms with Crippen LogP contribution < -0.4 is 0 Å². The lowest BCUT2D eigenvalue weighted by molar-refractivity contribution is -0.137. The number of hydrogen-bond acceptors (Lipinski definition) is 2. The molecule has 0 fully saturated rings. The summed E-state index contributed by atoms with van der Waals surface area (Å²) in [5, 5.41) is 18.6. The second-order valence-electron chi connectivity index (χ2n) is 5.66. The first-order valence-electron chi connectivity index (χ1n) is 6.87. The molecule has 2 N–H and O–H groups in total. The third-order valence-electron chi connectivity index (χ3n) is 3.83. The van der Waals surface area contributed by atoms with Gasteiger partial charge in [0.25, 0.3) is 0 Å². The van der Waals surface area contributed by atoms with Crippen molar-refractivity contribution in [2.45, 2.75) is 58.0 Å². The van der Waals surface area contributed by atoms with E-state index in [1.165, 1.54) is 5.56 Å². The van der Waals surface area contributed by atoms with Crippen molar-refractivity contribution in [1.82, 2.24) is 0 Å². The Bertz CT molecular complexity index is 407. The van der Waals surface area contributed by atoms with Crippen LogP contribution in [0.1, 0.15) is 63.7 Å². The molecule has 0 aliphatic rings. The third kappa shape index (κ3) is 4.67. The number of carboxylic acids is 1. The molecule has 1 rings (SSSR count). The molecule has 3 heteroatoms. The molecule has 0 saturated carbocycles. The summed E-state index contributed by atoms with van der Waals surface area (Å²) in [6.07, 6.45) is 1.59. The summed E-state index contributed by atoms with van der Waals surface area (Å²) < 4.78 is 0. The first-order chi connectivity index (χ1) is 8.86. The number of aliphatic carboxylic acids is 1. The number of carboxylic acid groups (broad SMARTS) is 1. The molecule has 0 amide bonds. The van der Waals surface area contributed by atoms with Crippen LogP contribution in [0.3, 0.4) is 0 Å². The van der Waals surface area contributed by atoms with Crippen LogP contribution in [0, 0.1) is 0 Å². The second-order valence-corrected chi connectivity index (χ2v) is 5.66. The predicted molar refractivity (Wildman–Crippen MR) is 76.2 cm³/mol. The van der Waals surface area contributed by atoms with Crippen LogP contribution in [0.25, 0.3) is 0 Å². The quantitative estimate of drug-likeness (QED) is 0.790. The van der Waals surface area contributed by atoms with Crippen LogP contribution in [-0.4, -0.2) is 16.2 Å². The molecule has 0 bridgehead atoms. The van der Waals surface area contributed by atoms with E-state index < -0.39 is 12.1 Å². The average molecular weight is 264 g/mol. The highest BCUT2D eigenvalue weighted by molar-refractivity contribution is 5.66. The fourth-order valence-electron chi connectivity index (χ4n) is 1.97. The Balaban J connectivity index is 2.63. The summed E-state index contributed by atoms with van der Waals surface area (Å²) in [5.41, 5.74) is 2.27. The van der Waals surface area contributed by atoms with Crippen molar-refractivity contribution in [2.24, 2.45) is 0 Å². The largest absolute Gasteiger partial charge is 0.481 e. The number of carbonyl (C=O) groups is 1. The van der Waals surface area contributed by atoms with E-state index in [2.05, 4.69) is 32.9 Å². The lowest BCUT2D eigenvalue weighted by Gasteiger charge is -2.23. The van der Waals surface area contributed by atoms with E-state index in [9.17, 15) is 9.90 Å². The maximum atomic E-state index is 10.4. The molecule has 1 aromatic rings. The van der Waals surface area contributed by atoms with Crippen molar-refractivity contribution < 1.29 is 15.0 Å². The van der Waals surface area contributed by atoms with Gasteiger partial charge in [-0.05, 0) is 35.8 Å². The third-order valence-corrected chi connectivity index (χ3v) is 3.83. The smallest absolute Gasteiger partial charge is 0.303 e. The minimum absolute atomic E-state index is 0.109. The second kappa shape index (κ2) is 6.71. The SMILES string of the molecule is CCC(C)(C)c1ccc(C(O)CCCC(=O)O)cc1. The zero-order chi connectivity index (χ0) is 14.5. The minimum atomic E-state index is -0.813. The van der Waals surface area contributed by atoms with Gasteiger partial charge in [-0.3, -0.25) is 4.79 Å². The van der Waals surface area contributed by atoms with E-state index in [0.29, 0.717) is 12.8 Å². The van der Waals surface area contributed by atoms with Crippen molar-refractivity contribution in [3.05, 3.63) is 35.4 Å². The molecule has 0 aromatic heterocycles. The molecule has 0 aliphatic heterocycles. The molecule has 0 spiro atoms. The van der Waals surface area contributed by atoms with Gasteiger partial charge in [0.15, 0.2) is 0 Å². The first-order valence-corrected chi connectivity index (χ1v) is 6.87. The van der Waals surface area contributed by atoms with Gasteiger partial charge in [-0.2, -0.15) is 0 Å². The Labute approximate surface area is 115 Å². The molecule has 19 heavy (non-hydrogen) atoms. The Kier molecular flexibility index (Phi) is 5.55. The molecular weight excluding hydrogens is 240 g/mol. The van der Waals surface area contributed by atoms with Crippen LogP contribution in [0.15, 0.2) is 24.3 Å². The molecule has 0 aliphatic carbocycles. The van der Waals surface area contributed by atoms with Gasteiger partial charge in [-0.15, -0.1) is 0 Å². The summed E-state index contributed by atoms with van der Waals surface area (Å²) in [7, 11) is 0. The highest BCUT2D eigenvalue weighted by Crippen LogP contribution is 2.28. The van der Waals surface area contributed by atoms with Crippen LogP contribution in [0.4, 0.5) is 0 Å². The van der Waals surface area contributed by atoms with Crippen LogP contribution >= 0.6 is 0 Å². The molecular formula is C16H24O3. The standard InChI is InChI=1S/C16H24O3/c1-4-16(2,3)13-10-8-12(9-11-13)14(17)6-5-7-15(18)19/h8-11,14,17H,4-7H2,1-3H3,(H,18,19). The van der Waals surface area contributed by atoms with E-state index in [-0.39, 0.29) is 11.8 Å². The molecule has 0 saturated heterocycles. The molecule has 106 valence electrons. The van der Waals surface area contributed by atoms with Gasteiger partial charge < -0.3 is 10.2 Å². The Hall–Kier alpha value is -1.35. The lowest BCUT2D eigenvalue weighted by atomic mass is 9.82. The summed E-state index contributed by atoms with van der Waals surface area (Å²) in [4.78, 5) is 10.4. The summed E-state index contributed by atoms with van der Waals surface area (Å²) >= 11 is 0. The number of rotatable bonds is 7. The van der Waals surface area contributed by atoms with E-state index in [4.69, 9.17) is 5.11 Å². The highest BCUT2D eigenvalue weighted by atomic mass is 16.4. The van der Waals surface area contributed by atoms with Crippen molar-refractivity contribution in [3.8, 4) is 0 Å².